The van der Waals surface area contributed by atoms with Gasteiger partial charge < -0.3 is 15.4 Å². The Morgan fingerprint density at radius 1 is 1.35 bits per heavy atom. The molecule has 5 heteroatoms. The van der Waals surface area contributed by atoms with Crippen molar-refractivity contribution in [3.8, 4) is 0 Å². The minimum Gasteiger partial charge on any atom is -0.444 e. The highest BCUT2D eigenvalue weighted by Gasteiger charge is 2.17. The van der Waals surface area contributed by atoms with Crippen molar-refractivity contribution in [2.45, 2.75) is 45.8 Å². The summed E-state index contributed by atoms with van der Waals surface area (Å²) in [5, 5.41) is 5.54. The van der Waals surface area contributed by atoms with Gasteiger partial charge in [0.15, 0.2) is 0 Å². The molecule has 1 aromatic carbocycles. The van der Waals surface area contributed by atoms with Crippen molar-refractivity contribution >= 4 is 17.7 Å². The lowest BCUT2D eigenvalue weighted by Crippen LogP contribution is -2.32. The van der Waals surface area contributed by atoms with Gasteiger partial charge in [-0.3, -0.25) is 4.79 Å². The van der Waals surface area contributed by atoms with Crippen LogP contribution in [0, 0.1) is 0 Å². The van der Waals surface area contributed by atoms with E-state index >= 15 is 0 Å². The quantitative estimate of drug-likeness (QED) is 0.872. The Morgan fingerprint density at radius 2 is 2.10 bits per heavy atom. The summed E-state index contributed by atoms with van der Waals surface area (Å²) < 4.78 is 5.17. The largest absolute Gasteiger partial charge is 0.444 e. The Hall–Kier alpha value is -2.04. The van der Waals surface area contributed by atoms with Crippen LogP contribution < -0.4 is 10.6 Å². The number of anilines is 1. The molecular formula is C15H20N2O3. The average Bonchev–Trinajstić information content (AvgIpc) is 2.33. The van der Waals surface area contributed by atoms with Crippen LogP contribution in [0.4, 0.5) is 10.5 Å². The number of nitrogens with one attached hydrogen (secondary N) is 2. The summed E-state index contributed by atoms with van der Waals surface area (Å²) in [6.07, 6.45) is 0.850. The smallest absolute Gasteiger partial charge is 0.407 e. The average molecular weight is 276 g/mol. The van der Waals surface area contributed by atoms with Crippen LogP contribution in [0.5, 0.6) is 0 Å². The normalized spacial score (nSPS) is 14.2. The van der Waals surface area contributed by atoms with Crippen molar-refractivity contribution in [3.63, 3.8) is 0 Å². The van der Waals surface area contributed by atoms with E-state index in [9.17, 15) is 9.59 Å². The fourth-order valence-corrected chi connectivity index (χ4v) is 2.02. The third kappa shape index (κ3) is 3.98. The van der Waals surface area contributed by atoms with Gasteiger partial charge in [-0.1, -0.05) is 12.1 Å². The number of carbonyl (C=O) groups is 2. The molecule has 0 saturated carbocycles. The van der Waals surface area contributed by atoms with Gasteiger partial charge in [0, 0.05) is 18.7 Å². The monoisotopic (exact) mass is 276 g/mol. The van der Waals surface area contributed by atoms with Crippen LogP contribution in [0.15, 0.2) is 18.2 Å². The number of amides is 2. The number of rotatable bonds is 2. The summed E-state index contributed by atoms with van der Waals surface area (Å²) in [7, 11) is 0. The molecule has 0 spiro atoms. The van der Waals surface area contributed by atoms with Gasteiger partial charge in [-0.2, -0.15) is 0 Å². The highest BCUT2D eigenvalue weighted by atomic mass is 16.6. The van der Waals surface area contributed by atoms with Crippen LogP contribution in [0.2, 0.25) is 0 Å². The summed E-state index contributed by atoms with van der Waals surface area (Å²) in [5.74, 6) is 0.0368. The molecule has 0 bridgehead atoms. The lowest BCUT2D eigenvalue weighted by Gasteiger charge is -2.20. The molecule has 20 heavy (non-hydrogen) atoms. The molecule has 108 valence electrons. The Bertz CT molecular complexity index is 532. The zero-order valence-corrected chi connectivity index (χ0v) is 12.1. The first-order valence-electron chi connectivity index (χ1n) is 6.72. The van der Waals surface area contributed by atoms with Crippen molar-refractivity contribution in [2.24, 2.45) is 0 Å². The maximum Gasteiger partial charge on any atom is 0.407 e. The van der Waals surface area contributed by atoms with Gasteiger partial charge in [0.2, 0.25) is 5.91 Å². The maximum absolute atomic E-state index is 11.6. The van der Waals surface area contributed by atoms with E-state index in [-0.39, 0.29) is 5.91 Å². The molecule has 2 N–H and O–H groups in total. The number of fused-ring (bicyclic) bond motifs is 1. The molecule has 0 aliphatic carbocycles. The third-order valence-corrected chi connectivity index (χ3v) is 2.91. The van der Waals surface area contributed by atoms with Crippen molar-refractivity contribution in [1.29, 1.82) is 0 Å². The molecule has 2 rings (SSSR count). The Labute approximate surface area is 118 Å². The van der Waals surface area contributed by atoms with E-state index in [2.05, 4.69) is 10.6 Å². The molecule has 1 heterocycles. The standard InChI is InChI=1S/C15H20N2O3/c1-15(2,3)20-14(19)16-9-10-4-5-11-6-7-13(18)17-12(11)8-10/h4-5,8H,6-7,9H2,1-3H3,(H,16,19)(H,17,18). The van der Waals surface area contributed by atoms with Gasteiger partial charge in [0.25, 0.3) is 0 Å². The molecule has 1 aliphatic heterocycles. The van der Waals surface area contributed by atoms with Crippen molar-refractivity contribution in [1.82, 2.24) is 5.32 Å². The van der Waals surface area contributed by atoms with Gasteiger partial charge in [-0.25, -0.2) is 4.79 Å². The highest BCUT2D eigenvalue weighted by molar-refractivity contribution is 5.94. The van der Waals surface area contributed by atoms with Crippen molar-refractivity contribution < 1.29 is 14.3 Å². The number of carbonyl (C=O) groups excluding carboxylic acids is 2. The first-order valence-corrected chi connectivity index (χ1v) is 6.72. The van der Waals surface area contributed by atoms with E-state index in [0.717, 1.165) is 23.2 Å². The molecular weight excluding hydrogens is 256 g/mol. The molecule has 0 aromatic heterocycles. The topological polar surface area (TPSA) is 67.4 Å². The number of alkyl carbamates (subject to hydrolysis) is 1. The summed E-state index contributed by atoms with van der Waals surface area (Å²) >= 11 is 0. The Kier molecular flexibility index (Phi) is 3.97. The molecule has 1 aromatic rings. The SMILES string of the molecule is CC(C)(C)OC(=O)NCc1ccc2c(c1)NC(=O)CC2. The number of benzene rings is 1. The molecule has 0 saturated heterocycles. The first kappa shape index (κ1) is 14.4. The summed E-state index contributed by atoms with van der Waals surface area (Å²) in [6, 6.07) is 5.83. The minimum atomic E-state index is -0.506. The molecule has 0 unspecified atom stereocenters. The Morgan fingerprint density at radius 3 is 2.80 bits per heavy atom. The number of hydrogen-bond acceptors (Lipinski definition) is 3. The molecule has 1 aliphatic rings. The lowest BCUT2D eigenvalue weighted by molar-refractivity contribution is -0.116. The Balaban J connectivity index is 1.96. The number of ether oxygens (including phenoxy) is 1. The second-order valence-corrected chi connectivity index (χ2v) is 5.90. The van der Waals surface area contributed by atoms with E-state index in [0.29, 0.717) is 13.0 Å². The first-order chi connectivity index (χ1) is 9.33. The molecule has 0 fully saturated rings. The van der Waals surface area contributed by atoms with E-state index in [1.807, 2.05) is 39.0 Å². The third-order valence-electron chi connectivity index (χ3n) is 2.91. The van der Waals surface area contributed by atoms with Gasteiger partial charge in [0.05, 0.1) is 0 Å². The summed E-state index contributed by atoms with van der Waals surface area (Å²) in [4.78, 5) is 22.9. The molecule has 2 amide bonds. The van der Waals surface area contributed by atoms with E-state index in [1.54, 1.807) is 0 Å². The number of aryl methyl sites for hydroxylation is 1. The van der Waals surface area contributed by atoms with Crippen LogP contribution in [0.3, 0.4) is 0 Å². The van der Waals surface area contributed by atoms with Crippen molar-refractivity contribution in [3.05, 3.63) is 29.3 Å². The van der Waals surface area contributed by atoms with Crippen LogP contribution in [-0.4, -0.2) is 17.6 Å². The second kappa shape index (κ2) is 5.53. The van der Waals surface area contributed by atoms with E-state index in [4.69, 9.17) is 4.74 Å². The summed E-state index contributed by atoms with van der Waals surface area (Å²) in [5.41, 5.74) is 2.39. The molecule has 0 radical (unpaired) electrons. The van der Waals surface area contributed by atoms with Gasteiger partial charge in [0.1, 0.15) is 5.60 Å². The predicted octanol–water partition coefficient (Wildman–Crippen LogP) is 2.60. The zero-order valence-electron chi connectivity index (χ0n) is 12.1. The fraction of sp³-hybridized carbons (Fsp3) is 0.467. The zero-order chi connectivity index (χ0) is 14.8. The van der Waals surface area contributed by atoms with Gasteiger partial charge in [-0.15, -0.1) is 0 Å². The highest BCUT2D eigenvalue weighted by Crippen LogP contribution is 2.23. The van der Waals surface area contributed by atoms with E-state index in [1.165, 1.54) is 0 Å². The molecule has 5 nitrogen and oxygen atoms in total. The van der Waals surface area contributed by atoms with Crippen LogP contribution in [-0.2, 0) is 22.5 Å². The van der Waals surface area contributed by atoms with Gasteiger partial charge in [-0.05, 0) is 44.4 Å². The van der Waals surface area contributed by atoms with Gasteiger partial charge >= 0.3 is 6.09 Å². The van der Waals surface area contributed by atoms with E-state index < -0.39 is 11.7 Å². The molecule has 0 atom stereocenters. The number of hydrogen-bond donors (Lipinski definition) is 2. The maximum atomic E-state index is 11.6. The minimum absolute atomic E-state index is 0.0368. The van der Waals surface area contributed by atoms with Crippen LogP contribution in [0.25, 0.3) is 0 Å². The van der Waals surface area contributed by atoms with Crippen LogP contribution >= 0.6 is 0 Å². The lowest BCUT2D eigenvalue weighted by atomic mass is 10.0. The predicted molar refractivity (Wildman–Crippen MR) is 76.5 cm³/mol. The van der Waals surface area contributed by atoms with Crippen molar-refractivity contribution in [2.75, 3.05) is 5.32 Å². The fourth-order valence-electron chi connectivity index (χ4n) is 2.02. The van der Waals surface area contributed by atoms with Crippen LogP contribution in [0.1, 0.15) is 38.3 Å². The second-order valence-electron chi connectivity index (χ2n) is 5.90. The summed E-state index contributed by atoms with van der Waals surface area (Å²) in [6.45, 7) is 5.83.